The first-order valence-corrected chi connectivity index (χ1v) is 7.36. The molecule has 0 fully saturated rings. The molecule has 21 heavy (non-hydrogen) atoms. The summed E-state index contributed by atoms with van der Waals surface area (Å²) in [7, 11) is 0. The summed E-state index contributed by atoms with van der Waals surface area (Å²) in [6.07, 6.45) is 0. The van der Waals surface area contributed by atoms with Crippen molar-refractivity contribution < 1.29 is 4.79 Å². The Morgan fingerprint density at radius 1 is 1.19 bits per heavy atom. The van der Waals surface area contributed by atoms with E-state index in [4.69, 9.17) is 28.9 Å². The van der Waals surface area contributed by atoms with E-state index in [0.29, 0.717) is 24.3 Å². The van der Waals surface area contributed by atoms with Crippen molar-refractivity contribution in [3.63, 3.8) is 0 Å². The van der Waals surface area contributed by atoms with Crippen LogP contribution in [0, 0.1) is 0 Å². The molecule has 3 nitrogen and oxygen atoms in total. The van der Waals surface area contributed by atoms with Gasteiger partial charge in [0.2, 0.25) is 0 Å². The van der Waals surface area contributed by atoms with Gasteiger partial charge in [0.25, 0.3) is 5.91 Å². The lowest BCUT2D eigenvalue weighted by Crippen LogP contribution is -2.30. The van der Waals surface area contributed by atoms with E-state index in [9.17, 15) is 4.79 Å². The molecular formula is C16H16Cl2N2O. The molecule has 0 unspecified atom stereocenters. The molecule has 5 heteroatoms. The summed E-state index contributed by atoms with van der Waals surface area (Å²) in [5, 5.41) is 0.526. The maximum atomic E-state index is 12.6. The molecule has 0 atom stereocenters. The SMILES string of the molecule is CCN(Cc1ccccc1)C(=O)c1cc(N)cc(Cl)c1Cl. The van der Waals surface area contributed by atoms with Crippen LogP contribution in [0.15, 0.2) is 42.5 Å². The number of nitrogens with two attached hydrogens (primary N) is 1. The highest BCUT2D eigenvalue weighted by molar-refractivity contribution is 6.44. The van der Waals surface area contributed by atoms with Crippen LogP contribution in [0.25, 0.3) is 0 Å². The zero-order valence-corrected chi connectivity index (χ0v) is 13.2. The second kappa shape index (κ2) is 6.83. The van der Waals surface area contributed by atoms with E-state index in [-0.39, 0.29) is 16.0 Å². The van der Waals surface area contributed by atoms with Crippen LogP contribution in [0.5, 0.6) is 0 Å². The zero-order valence-electron chi connectivity index (χ0n) is 11.6. The minimum Gasteiger partial charge on any atom is -0.399 e. The summed E-state index contributed by atoms with van der Waals surface area (Å²) in [6.45, 7) is 3.00. The van der Waals surface area contributed by atoms with Crippen LogP contribution in [0.1, 0.15) is 22.8 Å². The highest BCUT2D eigenvalue weighted by atomic mass is 35.5. The van der Waals surface area contributed by atoms with Gasteiger partial charge in [-0.05, 0) is 24.6 Å². The fourth-order valence-electron chi connectivity index (χ4n) is 2.07. The van der Waals surface area contributed by atoms with E-state index in [1.165, 1.54) is 6.07 Å². The second-order valence-electron chi connectivity index (χ2n) is 4.67. The van der Waals surface area contributed by atoms with Gasteiger partial charge >= 0.3 is 0 Å². The number of carbonyl (C=O) groups is 1. The Hall–Kier alpha value is -1.71. The standard InChI is InChI=1S/C16H16Cl2N2O/c1-2-20(10-11-6-4-3-5-7-11)16(21)13-8-12(19)9-14(17)15(13)18/h3-9H,2,10,19H2,1H3. The third-order valence-electron chi connectivity index (χ3n) is 3.17. The first-order chi connectivity index (χ1) is 10.0. The van der Waals surface area contributed by atoms with Crippen molar-refractivity contribution in [3.05, 3.63) is 63.6 Å². The van der Waals surface area contributed by atoms with Crippen LogP contribution in [-0.4, -0.2) is 17.4 Å². The summed E-state index contributed by atoms with van der Waals surface area (Å²) in [5.74, 6) is -0.180. The number of benzene rings is 2. The van der Waals surface area contributed by atoms with Gasteiger partial charge in [-0.2, -0.15) is 0 Å². The third-order valence-corrected chi connectivity index (χ3v) is 3.97. The van der Waals surface area contributed by atoms with Crippen LogP contribution in [0.3, 0.4) is 0 Å². The summed E-state index contributed by atoms with van der Waals surface area (Å²) in [4.78, 5) is 14.3. The Kier molecular flexibility index (Phi) is 5.10. The van der Waals surface area contributed by atoms with Gasteiger partial charge in [-0.1, -0.05) is 53.5 Å². The zero-order chi connectivity index (χ0) is 15.4. The average molecular weight is 323 g/mol. The number of hydrogen-bond donors (Lipinski definition) is 1. The molecular weight excluding hydrogens is 307 g/mol. The lowest BCUT2D eigenvalue weighted by atomic mass is 10.1. The number of anilines is 1. The minimum atomic E-state index is -0.180. The smallest absolute Gasteiger partial charge is 0.255 e. The van der Waals surface area contributed by atoms with Crippen LogP contribution < -0.4 is 5.73 Å². The molecule has 2 aromatic carbocycles. The highest BCUT2D eigenvalue weighted by Gasteiger charge is 2.19. The molecule has 0 bridgehead atoms. The van der Waals surface area contributed by atoms with Gasteiger partial charge in [0, 0.05) is 18.8 Å². The number of nitrogens with zero attached hydrogens (tertiary/aromatic N) is 1. The van der Waals surface area contributed by atoms with Gasteiger partial charge in [-0.15, -0.1) is 0 Å². The number of halogens is 2. The Morgan fingerprint density at radius 2 is 1.86 bits per heavy atom. The summed E-state index contributed by atoms with van der Waals surface area (Å²) >= 11 is 12.1. The predicted molar refractivity (Wildman–Crippen MR) is 87.7 cm³/mol. The first-order valence-electron chi connectivity index (χ1n) is 6.60. The van der Waals surface area contributed by atoms with Gasteiger partial charge in [0.1, 0.15) is 0 Å². The molecule has 0 aliphatic carbocycles. The Morgan fingerprint density at radius 3 is 2.48 bits per heavy atom. The molecule has 1 amide bonds. The first kappa shape index (κ1) is 15.7. The molecule has 2 aromatic rings. The maximum Gasteiger partial charge on any atom is 0.255 e. The van der Waals surface area contributed by atoms with Crippen molar-refractivity contribution >= 4 is 34.8 Å². The predicted octanol–water partition coefficient (Wildman–Crippen LogP) is 4.24. The van der Waals surface area contributed by atoms with Crippen molar-refractivity contribution in [2.75, 3.05) is 12.3 Å². The van der Waals surface area contributed by atoms with Gasteiger partial charge in [0.05, 0.1) is 15.6 Å². The van der Waals surface area contributed by atoms with E-state index < -0.39 is 0 Å². The second-order valence-corrected chi connectivity index (χ2v) is 5.45. The molecule has 2 N–H and O–H groups in total. The van der Waals surface area contributed by atoms with E-state index in [2.05, 4.69) is 0 Å². The Labute approximate surface area is 134 Å². The quantitative estimate of drug-likeness (QED) is 0.856. The van der Waals surface area contributed by atoms with Crippen LogP contribution in [0.4, 0.5) is 5.69 Å². The molecule has 0 saturated carbocycles. The Bertz CT molecular complexity index is 644. The molecule has 0 radical (unpaired) electrons. The Balaban J connectivity index is 2.29. The lowest BCUT2D eigenvalue weighted by molar-refractivity contribution is 0.0753. The van der Waals surface area contributed by atoms with Gasteiger partial charge in [0.15, 0.2) is 0 Å². The molecule has 0 aliphatic rings. The van der Waals surface area contributed by atoms with E-state index in [0.717, 1.165) is 5.56 Å². The molecule has 0 saturated heterocycles. The largest absolute Gasteiger partial charge is 0.399 e. The van der Waals surface area contributed by atoms with Crippen molar-refractivity contribution in [2.24, 2.45) is 0 Å². The van der Waals surface area contributed by atoms with Crippen molar-refractivity contribution in [3.8, 4) is 0 Å². The molecule has 2 rings (SSSR count). The highest BCUT2D eigenvalue weighted by Crippen LogP contribution is 2.29. The van der Waals surface area contributed by atoms with Crippen molar-refractivity contribution in [1.29, 1.82) is 0 Å². The fraction of sp³-hybridized carbons (Fsp3) is 0.188. The topological polar surface area (TPSA) is 46.3 Å². The fourth-order valence-corrected chi connectivity index (χ4v) is 2.48. The number of nitrogen functional groups attached to an aromatic ring is 1. The monoisotopic (exact) mass is 322 g/mol. The summed E-state index contributed by atoms with van der Waals surface area (Å²) in [5.41, 5.74) is 7.55. The van der Waals surface area contributed by atoms with Gasteiger partial charge in [-0.3, -0.25) is 4.79 Å². The molecule has 0 aliphatic heterocycles. The van der Waals surface area contributed by atoms with Crippen molar-refractivity contribution in [2.45, 2.75) is 13.5 Å². The van der Waals surface area contributed by atoms with Crippen LogP contribution >= 0.6 is 23.2 Å². The van der Waals surface area contributed by atoms with Crippen molar-refractivity contribution in [1.82, 2.24) is 4.90 Å². The molecule has 110 valence electrons. The van der Waals surface area contributed by atoms with Crippen LogP contribution in [0.2, 0.25) is 10.0 Å². The minimum absolute atomic E-state index is 0.180. The number of rotatable bonds is 4. The third kappa shape index (κ3) is 3.69. The summed E-state index contributed by atoms with van der Waals surface area (Å²) < 4.78 is 0. The molecule has 0 heterocycles. The van der Waals surface area contributed by atoms with E-state index in [1.807, 2.05) is 37.3 Å². The summed E-state index contributed by atoms with van der Waals surface area (Å²) in [6, 6.07) is 12.9. The maximum absolute atomic E-state index is 12.6. The number of carbonyl (C=O) groups excluding carboxylic acids is 1. The molecule has 0 spiro atoms. The van der Waals surface area contributed by atoms with Gasteiger partial charge in [-0.25, -0.2) is 0 Å². The van der Waals surface area contributed by atoms with Gasteiger partial charge < -0.3 is 10.6 Å². The lowest BCUT2D eigenvalue weighted by Gasteiger charge is -2.22. The normalized spacial score (nSPS) is 10.4. The van der Waals surface area contributed by atoms with E-state index >= 15 is 0 Å². The number of amides is 1. The molecule has 0 aromatic heterocycles. The average Bonchev–Trinajstić information content (AvgIpc) is 2.49. The van der Waals surface area contributed by atoms with E-state index in [1.54, 1.807) is 11.0 Å². The van der Waals surface area contributed by atoms with Crippen LogP contribution in [-0.2, 0) is 6.54 Å². The number of hydrogen-bond acceptors (Lipinski definition) is 2.